The van der Waals surface area contributed by atoms with Crippen LogP contribution in [0.4, 0.5) is 4.39 Å². The molecule has 2 rings (SSSR count). The number of hydrogen-bond acceptors (Lipinski definition) is 2. The molecule has 5 heteroatoms. The van der Waals surface area contributed by atoms with Gasteiger partial charge in [0.25, 0.3) is 5.91 Å². The third-order valence-corrected chi connectivity index (χ3v) is 3.42. The third-order valence-electron chi connectivity index (χ3n) is 3.07. The summed E-state index contributed by atoms with van der Waals surface area (Å²) in [7, 11) is 0. The van der Waals surface area contributed by atoms with Crippen molar-refractivity contribution in [3.8, 4) is 0 Å². The first-order valence-corrected chi connectivity index (χ1v) is 6.81. The Morgan fingerprint density at radius 2 is 2.21 bits per heavy atom. The lowest BCUT2D eigenvalue weighted by Gasteiger charge is -2.36. The molecule has 0 aliphatic carbocycles. The SMILES string of the molecule is Cc1cc(F)cc(C(=O)N2CC(C)OC(CCl)C2)c1. The van der Waals surface area contributed by atoms with E-state index in [-0.39, 0.29) is 18.1 Å². The fourth-order valence-electron chi connectivity index (χ4n) is 2.34. The number of amides is 1. The third kappa shape index (κ3) is 3.45. The molecule has 1 aromatic rings. The highest BCUT2D eigenvalue weighted by Crippen LogP contribution is 2.17. The summed E-state index contributed by atoms with van der Waals surface area (Å²) >= 11 is 5.79. The van der Waals surface area contributed by atoms with Crippen LogP contribution in [0.2, 0.25) is 0 Å². The second-order valence-corrected chi connectivity index (χ2v) is 5.26. The molecule has 0 saturated carbocycles. The Kier molecular flexibility index (Phi) is 4.42. The van der Waals surface area contributed by atoms with Gasteiger partial charge in [-0.2, -0.15) is 0 Å². The van der Waals surface area contributed by atoms with E-state index in [0.717, 1.165) is 5.56 Å². The molecule has 1 amide bonds. The van der Waals surface area contributed by atoms with Crippen LogP contribution in [0.15, 0.2) is 18.2 Å². The van der Waals surface area contributed by atoms with Gasteiger partial charge >= 0.3 is 0 Å². The Bertz CT molecular complexity index is 460. The molecule has 2 unspecified atom stereocenters. The fourth-order valence-corrected chi connectivity index (χ4v) is 2.51. The van der Waals surface area contributed by atoms with Crippen LogP contribution in [0.25, 0.3) is 0 Å². The molecule has 0 spiro atoms. The first-order chi connectivity index (χ1) is 8.99. The van der Waals surface area contributed by atoms with E-state index in [9.17, 15) is 9.18 Å². The minimum absolute atomic E-state index is 0.0592. The van der Waals surface area contributed by atoms with Gasteiger partial charge in [-0.3, -0.25) is 4.79 Å². The van der Waals surface area contributed by atoms with Crippen molar-refractivity contribution in [1.82, 2.24) is 4.90 Å². The Balaban J connectivity index is 2.18. The van der Waals surface area contributed by atoms with Gasteiger partial charge < -0.3 is 9.64 Å². The van der Waals surface area contributed by atoms with Crippen molar-refractivity contribution in [2.75, 3.05) is 19.0 Å². The molecular weight excluding hydrogens is 269 g/mol. The molecule has 1 aromatic carbocycles. The molecule has 1 aliphatic heterocycles. The maximum Gasteiger partial charge on any atom is 0.254 e. The summed E-state index contributed by atoms with van der Waals surface area (Å²) < 4.78 is 19.0. The largest absolute Gasteiger partial charge is 0.370 e. The predicted molar refractivity (Wildman–Crippen MR) is 72.1 cm³/mol. The zero-order valence-electron chi connectivity index (χ0n) is 11.0. The van der Waals surface area contributed by atoms with E-state index < -0.39 is 5.82 Å². The number of alkyl halides is 1. The number of carbonyl (C=O) groups excluding carboxylic acids is 1. The average molecular weight is 286 g/mol. The minimum atomic E-state index is -0.390. The minimum Gasteiger partial charge on any atom is -0.370 e. The average Bonchev–Trinajstić information content (AvgIpc) is 2.35. The number of rotatable bonds is 2. The molecule has 1 saturated heterocycles. The summed E-state index contributed by atoms with van der Waals surface area (Å²) in [5.41, 5.74) is 1.11. The van der Waals surface area contributed by atoms with Gasteiger partial charge in [-0.1, -0.05) is 0 Å². The lowest BCUT2D eigenvalue weighted by molar-refractivity contribution is -0.0570. The van der Waals surface area contributed by atoms with Crippen molar-refractivity contribution >= 4 is 17.5 Å². The summed E-state index contributed by atoms with van der Waals surface area (Å²) in [6, 6.07) is 4.37. The highest BCUT2D eigenvalue weighted by molar-refractivity contribution is 6.18. The van der Waals surface area contributed by atoms with Crippen molar-refractivity contribution in [2.45, 2.75) is 26.1 Å². The van der Waals surface area contributed by atoms with E-state index in [4.69, 9.17) is 16.3 Å². The number of benzene rings is 1. The summed E-state index contributed by atoms with van der Waals surface area (Å²) in [4.78, 5) is 14.0. The first kappa shape index (κ1) is 14.3. The molecule has 19 heavy (non-hydrogen) atoms. The summed E-state index contributed by atoms with van der Waals surface area (Å²) in [6.45, 7) is 4.61. The van der Waals surface area contributed by atoms with Crippen LogP contribution in [0.1, 0.15) is 22.8 Å². The standard InChI is InChI=1S/C14H17ClFNO2/c1-9-3-11(5-12(16)4-9)14(18)17-7-10(2)19-13(6-15)8-17/h3-5,10,13H,6-8H2,1-2H3. The number of hydrogen-bond donors (Lipinski definition) is 0. The number of ether oxygens (including phenoxy) is 1. The summed E-state index contributed by atoms with van der Waals surface area (Å²) in [6.07, 6.45) is -0.222. The molecule has 0 N–H and O–H groups in total. The first-order valence-electron chi connectivity index (χ1n) is 6.27. The van der Waals surface area contributed by atoms with E-state index >= 15 is 0 Å². The number of morpholine rings is 1. The van der Waals surface area contributed by atoms with Crippen LogP contribution in [-0.2, 0) is 4.74 Å². The Labute approximate surface area is 117 Å². The smallest absolute Gasteiger partial charge is 0.254 e. The molecule has 1 heterocycles. The number of aryl methyl sites for hydroxylation is 1. The van der Waals surface area contributed by atoms with Crippen molar-refractivity contribution in [3.63, 3.8) is 0 Å². The fraction of sp³-hybridized carbons (Fsp3) is 0.500. The van der Waals surface area contributed by atoms with Crippen LogP contribution in [0.3, 0.4) is 0 Å². The second kappa shape index (κ2) is 5.88. The summed E-state index contributed by atoms with van der Waals surface area (Å²) in [5, 5.41) is 0. The van der Waals surface area contributed by atoms with Gasteiger partial charge in [0.05, 0.1) is 18.1 Å². The number of nitrogens with zero attached hydrogens (tertiary/aromatic N) is 1. The molecular formula is C14H17ClFNO2. The van der Waals surface area contributed by atoms with Crippen LogP contribution in [0, 0.1) is 12.7 Å². The molecule has 104 valence electrons. The van der Waals surface area contributed by atoms with Gasteiger partial charge in [-0.05, 0) is 37.6 Å². The Morgan fingerprint density at radius 1 is 1.47 bits per heavy atom. The number of carbonyl (C=O) groups is 1. The quantitative estimate of drug-likeness (QED) is 0.782. The second-order valence-electron chi connectivity index (χ2n) is 4.95. The van der Waals surface area contributed by atoms with Crippen molar-refractivity contribution in [1.29, 1.82) is 0 Å². The monoisotopic (exact) mass is 285 g/mol. The Hall–Kier alpha value is -1.13. The van der Waals surface area contributed by atoms with Crippen LogP contribution in [0.5, 0.6) is 0 Å². The molecule has 0 aromatic heterocycles. The molecule has 2 atom stereocenters. The van der Waals surface area contributed by atoms with Gasteiger partial charge in [0, 0.05) is 18.7 Å². The van der Waals surface area contributed by atoms with Crippen molar-refractivity contribution in [3.05, 3.63) is 35.1 Å². The molecule has 1 aliphatic rings. The summed E-state index contributed by atoms with van der Waals surface area (Å²) in [5.74, 6) is -0.220. The molecule has 3 nitrogen and oxygen atoms in total. The maximum atomic E-state index is 13.4. The van der Waals surface area contributed by atoms with Gasteiger partial charge in [0.1, 0.15) is 5.82 Å². The topological polar surface area (TPSA) is 29.5 Å². The van der Waals surface area contributed by atoms with Crippen molar-refractivity contribution < 1.29 is 13.9 Å². The van der Waals surface area contributed by atoms with Gasteiger partial charge in [-0.15, -0.1) is 11.6 Å². The maximum absolute atomic E-state index is 13.4. The highest BCUT2D eigenvalue weighted by Gasteiger charge is 2.28. The predicted octanol–water partition coefficient (Wildman–Crippen LogP) is 2.60. The van der Waals surface area contributed by atoms with E-state index in [2.05, 4.69) is 0 Å². The number of halogens is 2. The zero-order valence-corrected chi connectivity index (χ0v) is 11.8. The van der Waals surface area contributed by atoms with E-state index in [1.807, 2.05) is 6.92 Å². The van der Waals surface area contributed by atoms with Crippen LogP contribution in [-0.4, -0.2) is 42.0 Å². The van der Waals surface area contributed by atoms with Gasteiger partial charge in [0.2, 0.25) is 0 Å². The van der Waals surface area contributed by atoms with E-state index in [1.54, 1.807) is 17.9 Å². The lowest BCUT2D eigenvalue weighted by atomic mass is 10.1. The molecule has 1 fully saturated rings. The van der Waals surface area contributed by atoms with Crippen LogP contribution < -0.4 is 0 Å². The van der Waals surface area contributed by atoms with E-state index in [1.165, 1.54) is 12.1 Å². The lowest BCUT2D eigenvalue weighted by Crippen LogP contribution is -2.49. The van der Waals surface area contributed by atoms with Gasteiger partial charge in [0.15, 0.2) is 0 Å². The molecule has 0 radical (unpaired) electrons. The Morgan fingerprint density at radius 3 is 2.84 bits per heavy atom. The van der Waals surface area contributed by atoms with Crippen LogP contribution >= 0.6 is 11.6 Å². The van der Waals surface area contributed by atoms with Gasteiger partial charge in [-0.25, -0.2) is 4.39 Å². The highest BCUT2D eigenvalue weighted by atomic mass is 35.5. The molecule has 0 bridgehead atoms. The van der Waals surface area contributed by atoms with E-state index in [0.29, 0.717) is 24.5 Å². The zero-order chi connectivity index (χ0) is 14.0. The normalized spacial score (nSPS) is 23.5. The van der Waals surface area contributed by atoms with Crippen molar-refractivity contribution in [2.24, 2.45) is 0 Å².